The Labute approximate surface area is 160 Å². The van der Waals surface area contributed by atoms with E-state index in [2.05, 4.69) is 9.97 Å². The molecule has 27 heavy (non-hydrogen) atoms. The van der Waals surface area contributed by atoms with Crippen molar-refractivity contribution in [2.45, 2.75) is 6.61 Å². The molecule has 4 nitrogen and oxygen atoms in total. The number of nitrogens with two attached hydrogens (primary N) is 1. The third-order valence-corrected chi connectivity index (χ3v) is 4.31. The van der Waals surface area contributed by atoms with Crippen molar-refractivity contribution in [3.05, 3.63) is 83.1 Å². The summed E-state index contributed by atoms with van der Waals surface area (Å²) in [5.74, 6) is 0.541. The molecule has 0 aliphatic rings. The maximum atomic E-state index is 13.3. The van der Waals surface area contributed by atoms with Crippen LogP contribution >= 0.6 is 11.6 Å². The van der Waals surface area contributed by atoms with E-state index in [-0.39, 0.29) is 18.4 Å². The van der Waals surface area contributed by atoms with Crippen molar-refractivity contribution >= 4 is 28.5 Å². The summed E-state index contributed by atoms with van der Waals surface area (Å²) >= 11 is 6.14. The third kappa shape index (κ3) is 3.83. The Morgan fingerprint density at radius 2 is 1.81 bits per heavy atom. The van der Waals surface area contributed by atoms with Gasteiger partial charge in [0, 0.05) is 16.0 Å². The van der Waals surface area contributed by atoms with E-state index in [4.69, 9.17) is 22.1 Å². The van der Waals surface area contributed by atoms with E-state index in [1.54, 1.807) is 12.1 Å². The first kappa shape index (κ1) is 17.2. The predicted molar refractivity (Wildman–Crippen MR) is 105 cm³/mol. The Kier molecular flexibility index (Phi) is 4.60. The minimum absolute atomic E-state index is 0.186. The number of fused-ring (bicyclic) bond motifs is 1. The Morgan fingerprint density at radius 1 is 0.963 bits per heavy atom. The van der Waals surface area contributed by atoms with Crippen molar-refractivity contribution in [1.82, 2.24) is 9.97 Å². The summed E-state index contributed by atoms with van der Waals surface area (Å²) in [4.78, 5) is 8.64. The lowest BCUT2D eigenvalue weighted by Gasteiger charge is -2.10. The minimum atomic E-state index is -0.287. The van der Waals surface area contributed by atoms with E-state index < -0.39 is 0 Å². The predicted octanol–water partition coefficient (Wildman–Crippen LogP) is 5.25. The standard InChI is InChI=1S/C21H15ClFN3O/c22-15-7-8-19-18(11-15)20(26-21(24)25-19)14-4-2-6-17(10-14)27-12-13-3-1-5-16(23)9-13/h1-11H,12H2,(H2,24,25,26). The van der Waals surface area contributed by atoms with Gasteiger partial charge in [0.15, 0.2) is 0 Å². The molecule has 0 saturated carbocycles. The molecule has 0 aliphatic heterocycles. The molecule has 1 heterocycles. The Bertz CT molecular complexity index is 1130. The summed E-state index contributed by atoms with van der Waals surface area (Å²) in [6, 6.07) is 19.2. The third-order valence-electron chi connectivity index (χ3n) is 4.08. The molecule has 0 spiro atoms. The van der Waals surface area contributed by atoms with Gasteiger partial charge in [-0.2, -0.15) is 0 Å². The lowest BCUT2D eigenvalue weighted by molar-refractivity contribution is 0.305. The fourth-order valence-corrected chi connectivity index (χ4v) is 3.04. The molecule has 3 aromatic carbocycles. The van der Waals surface area contributed by atoms with Crippen molar-refractivity contribution in [3.8, 4) is 17.0 Å². The zero-order chi connectivity index (χ0) is 18.8. The van der Waals surface area contributed by atoms with Gasteiger partial charge in [-0.25, -0.2) is 14.4 Å². The monoisotopic (exact) mass is 379 g/mol. The Balaban J connectivity index is 1.68. The quantitative estimate of drug-likeness (QED) is 0.526. The average molecular weight is 380 g/mol. The maximum Gasteiger partial charge on any atom is 0.221 e. The fourth-order valence-electron chi connectivity index (χ4n) is 2.87. The lowest BCUT2D eigenvalue weighted by Crippen LogP contribution is -1.99. The molecule has 6 heteroatoms. The molecule has 0 saturated heterocycles. The van der Waals surface area contributed by atoms with Gasteiger partial charge in [0.05, 0.1) is 11.2 Å². The summed E-state index contributed by atoms with van der Waals surface area (Å²) in [5.41, 5.74) is 8.84. The number of nitrogen functional groups attached to an aromatic ring is 1. The fraction of sp³-hybridized carbons (Fsp3) is 0.0476. The second kappa shape index (κ2) is 7.21. The number of halogens is 2. The highest BCUT2D eigenvalue weighted by molar-refractivity contribution is 6.31. The SMILES string of the molecule is Nc1nc(-c2cccc(OCc3cccc(F)c3)c2)c2cc(Cl)ccc2n1. The average Bonchev–Trinajstić information content (AvgIpc) is 2.66. The van der Waals surface area contributed by atoms with E-state index in [1.165, 1.54) is 12.1 Å². The molecule has 2 N–H and O–H groups in total. The smallest absolute Gasteiger partial charge is 0.221 e. The van der Waals surface area contributed by atoms with Crippen LogP contribution in [0.15, 0.2) is 66.7 Å². The number of hydrogen-bond acceptors (Lipinski definition) is 4. The van der Waals surface area contributed by atoms with Crippen LogP contribution in [-0.2, 0) is 6.61 Å². The zero-order valence-corrected chi connectivity index (χ0v) is 14.9. The molecule has 0 radical (unpaired) electrons. The first-order valence-electron chi connectivity index (χ1n) is 8.29. The largest absolute Gasteiger partial charge is 0.489 e. The van der Waals surface area contributed by atoms with Gasteiger partial charge in [0.2, 0.25) is 5.95 Å². The Hall–Kier alpha value is -3.18. The molecule has 134 valence electrons. The van der Waals surface area contributed by atoms with Crippen LogP contribution in [0.25, 0.3) is 22.2 Å². The second-order valence-electron chi connectivity index (χ2n) is 6.04. The molecular weight excluding hydrogens is 365 g/mol. The first-order chi connectivity index (χ1) is 13.1. The van der Waals surface area contributed by atoms with Crippen LogP contribution in [0.1, 0.15) is 5.56 Å². The normalized spacial score (nSPS) is 10.9. The maximum absolute atomic E-state index is 13.3. The molecule has 0 fully saturated rings. The van der Waals surface area contributed by atoms with E-state index in [0.29, 0.717) is 22.0 Å². The number of nitrogens with zero attached hydrogens (tertiary/aromatic N) is 2. The van der Waals surface area contributed by atoms with Gasteiger partial charge >= 0.3 is 0 Å². The molecule has 0 atom stereocenters. The van der Waals surface area contributed by atoms with Crippen LogP contribution in [0.4, 0.5) is 10.3 Å². The van der Waals surface area contributed by atoms with E-state index in [0.717, 1.165) is 16.5 Å². The van der Waals surface area contributed by atoms with Gasteiger partial charge in [0.1, 0.15) is 18.2 Å². The number of ether oxygens (including phenoxy) is 1. The van der Waals surface area contributed by atoms with Gasteiger partial charge < -0.3 is 10.5 Å². The van der Waals surface area contributed by atoms with Crippen LogP contribution < -0.4 is 10.5 Å². The van der Waals surface area contributed by atoms with Crippen molar-refractivity contribution < 1.29 is 9.13 Å². The summed E-state index contributed by atoms with van der Waals surface area (Å²) in [5, 5.41) is 1.40. The van der Waals surface area contributed by atoms with E-state index in [9.17, 15) is 4.39 Å². The summed E-state index contributed by atoms with van der Waals surface area (Å²) in [7, 11) is 0. The first-order valence-corrected chi connectivity index (χ1v) is 8.67. The number of aromatic nitrogens is 2. The number of anilines is 1. The van der Waals surface area contributed by atoms with Gasteiger partial charge in [-0.05, 0) is 48.0 Å². The van der Waals surface area contributed by atoms with Gasteiger partial charge in [0.25, 0.3) is 0 Å². The van der Waals surface area contributed by atoms with Crippen LogP contribution in [0.5, 0.6) is 5.75 Å². The number of hydrogen-bond donors (Lipinski definition) is 1. The minimum Gasteiger partial charge on any atom is -0.489 e. The van der Waals surface area contributed by atoms with Gasteiger partial charge in [-0.3, -0.25) is 0 Å². The van der Waals surface area contributed by atoms with E-state index >= 15 is 0 Å². The molecular formula is C21H15ClFN3O. The topological polar surface area (TPSA) is 61.0 Å². The molecule has 0 bridgehead atoms. The molecule has 0 aliphatic carbocycles. The highest BCUT2D eigenvalue weighted by atomic mass is 35.5. The zero-order valence-electron chi connectivity index (χ0n) is 14.2. The van der Waals surface area contributed by atoms with Crippen LogP contribution in [0, 0.1) is 5.82 Å². The molecule has 0 unspecified atom stereocenters. The molecule has 4 rings (SSSR count). The summed E-state index contributed by atoms with van der Waals surface area (Å²) in [6.07, 6.45) is 0. The van der Waals surface area contributed by atoms with Gasteiger partial charge in [-0.1, -0.05) is 35.9 Å². The highest BCUT2D eigenvalue weighted by Crippen LogP contribution is 2.31. The number of rotatable bonds is 4. The highest BCUT2D eigenvalue weighted by Gasteiger charge is 2.10. The van der Waals surface area contributed by atoms with Gasteiger partial charge in [-0.15, -0.1) is 0 Å². The van der Waals surface area contributed by atoms with Crippen LogP contribution in [-0.4, -0.2) is 9.97 Å². The second-order valence-corrected chi connectivity index (χ2v) is 6.47. The van der Waals surface area contributed by atoms with Crippen molar-refractivity contribution in [1.29, 1.82) is 0 Å². The summed E-state index contributed by atoms with van der Waals surface area (Å²) < 4.78 is 19.1. The van der Waals surface area contributed by atoms with Crippen molar-refractivity contribution in [2.75, 3.05) is 5.73 Å². The summed E-state index contributed by atoms with van der Waals surface area (Å²) in [6.45, 7) is 0.264. The molecule has 0 amide bonds. The molecule has 1 aromatic heterocycles. The van der Waals surface area contributed by atoms with Crippen LogP contribution in [0.3, 0.4) is 0 Å². The van der Waals surface area contributed by atoms with E-state index in [1.807, 2.05) is 42.5 Å². The molecule has 4 aromatic rings. The van der Waals surface area contributed by atoms with Crippen LogP contribution in [0.2, 0.25) is 5.02 Å². The lowest BCUT2D eigenvalue weighted by atomic mass is 10.1. The Morgan fingerprint density at radius 3 is 2.67 bits per heavy atom. The number of benzene rings is 3. The van der Waals surface area contributed by atoms with Crippen molar-refractivity contribution in [3.63, 3.8) is 0 Å². The van der Waals surface area contributed by atoms with Crippen molar-refractivity contribution in [2.24, 2.45) is 0 Å².